The molecule has 0 bridgehead atoms. The molecule has 0 fully saturated rings. The van der Waals surface area contributed by atoms with Crippen LogP contribution in [0.25, 0.3) is 11.3 Å². The van der Waals surface area contributed by atoms with Crippen molar-refractivity contribution in [1.29, 1.82) is 0 Å². The third-order valence-electron chi connectivity index (χ3n) is 2.31. The van der Waals surface area contributed by atoms with Gasteiger partial charge in [-0.15, -0.1) is 0 Å². The minimum Gasteiger partial charge on any atom is -0.507 e. The van der Waals surface area contributed by atoms with Crippen molar-refractivity contribution in [3.63, 3.8) is 0 Å². The van der Waals surface area contributed by atoms with E-state index in [0.717, 1.165) is 0 Å². The molecule has 1 aromatic carbocycles. The summed E-state index contributed by atoms with van der Waals surface area (Å²) >= 11 is 5.75. The molecule has 0 atom stereocenters. The number of hydrogen-bond acceptors (Lipinski definition) is 3. The zero-order chi connectivity index (χ0) is 11.7. The van der Waals surface area contributed by atoms with E-state index in [1.165, 1.54) is 0 Å². The van der Waals surface area contributed by atoms with Crippen molar-refractivity contribution in [1.82, 2.24) is 4.98 Å². The Morgan fingerprint density at radius 1 is 1.31 bits per heavy atom. The van der Waals surface area contributed by atoms with E-state index in [1.807, 2.05) is 19.9 Å². The topological polar surface area (TPSA) is 46.3 Å². The SMILES string of the molecule is CC(C)c1oc(Cl)nc1-c1ccccc1O. The Hall–Kier alpha value is -1.48. The first-order valence-electron chi connectivity index (χ1n) is 5.04. The molecule has 1 N–H and O–H groups in total. The Morgan fingerprint density at radius 2 is 2.00 bits per heavy atom. The van der Waals surface area contributed by atoms with E-state index in [0.29, 0.717) is 17.0 Å². The number of benzene rings is 1. The molecule has 0 saturated carbocycles. The van der Waals surface area contributed by atoms with E-state index in [9.17, 15) is 5.11 Å². The van der Waals surface area contributed by atoms with E-state index in [4.69, 9.17) is 16.0 Å². The number of hydrogen-bond donors (Lipinski definition) is 1. The number of rotatable bonds is 2. The number of aromatic hydroxyl groups is 1. The summed E-state index contributed by atoms with van der Waals surface area (Å²) in [5, 5.41) is 9.85. The van der Waals surface area contributed by atoms with Gasteiger partial charge in [0.15, 0.2) is 0 Å². The van der Waals surface area contributed by atoms with Gasteiger partial charge >= 0.3 is 0 Å². The second kappa shape index (κ2) is 4.18. The van der Waals surface area contributed by atoms with Gasteiger partial charge in [-0.05, 0) is 23.7 Å². The van der Waals surface area contributed by atoms with Crippen molar-refractivity contribution < 1.29 is 9.52 Å². The smallest absolute Gasteiger partial charge is 0.292 e. The van der Waals surface area contributed by atoms with Gasteiger partial charge in [0.1, 0.15) is 17.2 Å². The number of phenols is 1. The number of para-hydroxylation sites is 1. The number of phenolic OH excluding ortho intramolecular Hbond substituents is 1. The van der Waals surface area contributed by atoms with Crippen molar-refractivity contribution in [3.8, 4) is 17.0 Å². The minimum absolute atomic E-state index is 0.0990. The van der Waals surface area contributed by atoms with E-state index in [2.05, 4.69) is 4.98 Å². The highest BCUT2D eigenvalue weighted by atomic mass is 35.5. The minimum atomic E-state index is 0.0990. The van der Waals surface area contributed by atoms with E-state index in [-0.39, 0.29) is 17.0 Å². The summed E-state index contributed by atoms with van der Waals surface area (Å²) < 4.78 is 5.33. The van der Waals surface area contributed by atoms with Crippen LogP contribution < -0.4 is 0 Å². The summed E-state index contributed by atoms with van der Waals surface area (Å²) in [7, 11) is 0. The molecule has 1 heterocycles. The molecular weight excluding hydrogens is 226 g/mol. The Balaban J connectivity index is 2.60. The largest absolute Gasteiger partial charge is 0.507 e. The van der Waals surface area contributed by atoms with Gasteiger partial charge in [0.05, 0.1) is 0 Å². The van der Waals surface area contributed by atoms with Crippen LogP contribution in [0.1, 0.15) is 25.5 Å². The predicted molar refractivity (Wildman–Crippen MR) is 62.7 cm³/mol. The van der Waals surface area contributed by atoms with Gasteiger partial charge in [-0.3, -0.25) is 0 Å². The quantitative estimate of drug-likeness (QED) is 0.864. The summed E-state index contributed by atoms with van der Waals surface area (Å²) in [6.07, 6.45) is 0. The zero-order valence-electron chi connectivity index (χ0n) is 9.07. The first kappa shape index (κ1) is 11.0. The first-order chi connectivity index (χ1) is 7.59. The highest BCUT2D eigenvalue weighted by Gasteiger charge is 2.18. The summed E-state index contributed by atoms with van der Waals surface area (Å²) in [6, 6.07) is 6.99. The van der Waals surface area contributed by atoms with Crippen LogP contribution in [0.5, 0.6) is 5.75 Å². The Bertz CT molecular complexity index is 505. The Morgan fingerprint density at radius 3 is 2.62 bits per heavy atom. The molecule has 0 saturated heterocycles. The maximum atomic E-state index is 9.75. The number of aromatic nitrogens is 1. The summed E-state index contributed by atoms with van der Waals surface area (Å²) in [6.45, 7) is 3.97. The van der Waals surface area contributed by atoms with E-state index >= 15 is 0 Å². The molecule has 0 spiro atoms. The maximum Gasteiger partial charge on any atom is 0.292 e. The van der Waals surface area contributed by atoms with Crippen LogP contribution in [0, 0.1) is 0 Å². The van der Waals surface area contributed by atoms with Crippen molar-refractivity contribution in [2.24, 2.45) is 0 Å². The molecule has 0 amide bonds. The number of oxazole rings is 1. The standard InChI is InChI=1S/C12H12ClNO2/c1-7(2)11-10(14-12(13)16-11)8-5-3-4-6-9(8)15/h3-7,15H,1-2H3. The molecule has 0 unspecified atom stereocenters. The first-order valence-corrected chi connectivity index (χ1v) is 5.42. The maximum absolute atomic E-state index is 9.75. The Labute approximate surface area is 98.7 Å². The fourth-order valence-electron chi connectivity index (χ4n) is 1.56. The molecule has 2 aromatic rings. The van der Waals surface area contributed by atoms with Crippen LogP contribution in [-0.2, 0) is 0 Å². The van der Waals surface area contributed by atoms with Crippen molar-refractivity contribution in [2.75, 3.05) is 0 Å². The predicted octanol–water partition coefficient (Wildman–Crippen LogP) is 3.82. The lowest BCUT2D eigenvalue weighted by Gasteiger charge is -2.05. The molecule has 0 aliphatic rings. The van der Waals surface area contributed by atoms with Gasteiger partial charge in [-0.1, -0.05) is 26.0 Å². The lowest BCUT2D eigenvalue weighted by atomic mass is 10.0. The van der Waals surface area contributed by atoms with E-state index in [1.54, 1.807) is 18.2 Å². The second-order valence-electron chi connectivity index (χ2n) is 3.85. The molecule has 4 heteroatoms. The normalized spacial score (nSPS) is 11.0. The summed E-state index contributed by atoms with van der Waals surface area (Å²) in [5.41, 5.74) is 1.25. The van der Waals surface area contributed by atoms with Gasteiger partial charge in [0, 0.05) is 11.5 Å². The third kappa shape index (κ3) is 1.91. The highest BCUT2D eigenvalue weighted by molar-refractivity contribution is 6.27. The average Bonchev–Trinajstić information content (AvgIpc) is 2.61. The van der Waals surface area contributed by atoms with Crippen LogP contribution in [0.3, 0.4) is 0 Å². The summed E-state index contributed by atoms with van der Waals surface area (Å²) in [4.78, 5) is 4.10. The Kier molecular flexibility index (Phi) is 2.88. The molecule has 0 aliphatic carbocycles. The van der Waals surface area contributed by atoms with Crippen molar-refractivity contribution in [3.05, 3.63) is 35.4 Å². The fourth-order valence-corrected chi connectivity index (χ4v) is 1.73. The summed E-state index contributed by atoms with van der Waals surface area (Å²) in [5.74, 6) is 1.02. The van der Waals surface area contributed by atoms with Gasteiger partial charge in [0.25, 0.3) is 5.35 Å². The fraction of sp³-hybridized carbons (Fsp3) is 0.250. The molecule has 0 radical (unpaired) electrons. The van der Waals surface area contributed by atoms with Gasteiger partial charge < -0.3 is 9.52 Å². The second-order valence-corrected chi connectivity index (χ2v) is 4.17. The van der Waals surface area contributed by atoms with Crippen LogP contribution in [-0.4, -0.2) is 10.1 Å². The number of halogens is 1. The molecule has 16 heavy (non-hydrogen) atoms. The van der Waals surface area contributed by atoms with E-state index < -0.39 is 0 Å². The molecular formula is C12H12ClNO2. The van der Waals surface area contributed by atoms with Crippen LogP contribution in [0.4, 0.5) is 0 Å². The third-order valence-corrected chi connectivity index (χ3v) is 2.47. The van der Waals surface area contributed by atoms with Crippen molar-refractivity contribution in [2.45, 2.75) is 19.8 Å². The molecule has 0 aliphatic heterocycles. The van der Waals surface area contributed by atoms with Crippen LogP contribution >= 0.6 is 11.6 Å². The van der Waals surface area contributed by atoms with Crippen LogP contribution in [0.2, 0.25) is 5.35 Å². The van der Waals surface area contributed by atoms with Gasteiger partial charge in [-0.25, -0.2) is 0 Å². The molecule has 84 valence electrons. The van der Waals surface area contributed by atoms with Crippen molar-refractivity contribution >= 4 is 11.6 Å². The lowest BCUT2D eigenvalue weighted by Crippen LogP contribution is -1.89. The zero-order valence-corrected chi connectivity index (χ0v) is 9.82. The number of nitrogens with zero attached hydrogens (tertiary/aromatic N) is 1. The van der Waals surface area contributed by atoms with Gasteiger partial charge in [0.2, 0.25) is 0 Å². The van der Waals surface area contributed by atoms with Gasteiger partial charge in [-0.2, -0.15) is 4.98 Å². The molecule has 3 nitrogen and oxygen atoms in total. The molecule has 2 rings (SSSR count). The monoisotopic (exact) mass is 237 g/mol. The van der Waals surface area contributed by atoms with Crippen LogP contribution in [0.15, 0.2) is 28.7 Å². The highest BCUT2D eigenvalue weighted by Crippen LogP contribution is 2.35. The lowest BCUT2D eigenvalue weighted by molar-refractivity contribution is 0.474. The molecule has 1 aromatic heterocycles. The average molecular weight is 238 g/mol.